The van der Waals surface area contributed by atoms with E-state index in [9.17, 15) is 8.60 Å². The van der Waals surface area contributed by atoms with E-state index in [0.717, 1.165) is 0 Å². The normalized spacial score (nSPS) is 12.1. The van der Waals surface area contributed by atoms with Crippen LogP contribution >= 0.6 is 0 Å². The van der Waals surface area contributed by atoms with Crippen molar-refractivity contribution in [1.29, 1.82) is 0 Å². The first-order chi connectivity index (χ1) is 9.61. The van der Waals surface area contributed by atoms with Crippen molar-refractivity contribution in [3.05, 3.63) is 53.8 Å². The lowest BCUT2D eigenvalue weighted by Crippen LogP contribution is -2.03. The highest BCUT2D eigenvalue weighted by atomic mass is 32.2. The van der Waals surface area contributed by atoms with Crippen LogP contribution < -0.4 is 10.5 Å². The molecule has 5 heteroatoms. The van der Waals surface area contributed by atoms with Gasteiger partial charge in [0.1, 0.15) is 11.6 Å². The van der Waals surface area contributed by atoms with Gasteiger partial charge in [-0.15, -0.1) is 0 Å². The SMILES string of the molecule is CCOc1ccc(N)c(S(=O)Cc2ccccc2F)c1. The number of nitrogen functional groups attached to an aromatic ring is 1. The fraction of sp³-hybridized carbons (Fsp3) is 0.200. The number of benzene rings is 2. The summed E-state index contributed by atoms with van der Waals surface area (Å²) in [6.45, 7) is 2.38. The second-order valence-electron chi connectivity index (χ2n) is 4.21. The summed E-state index contributed by atoms with van der Waals surface area (Å²) in [5, 5.41) is 0. The number of anilines is 1. The average Bonchev–Trinajstić information content (AvgIpc) is 2.43. The highest BCUT2D eigenvalue weighted by molar-refractivity contribution is 7.84. The Morgan fingerprint density at radius 1 is 1.25 bits per heavy atom. The average molecular weight is 293 g/mol. The summed E-state index contributed by atoms with van der Waals surface area (Å²) in [6, 6.07) is 11.3. The molecule has 0 aliphatic rings. The lowest BCUT2D eigenvalue weighted by molar-refractivity contribution is 0.339. The van der Waals surface area contributed by atoms with Crippen molar-refractivity contribution < 1.29 is 13.3 Å². The standard InChI is InChI=1S/C15H16FNO2S/c1-2-19-12-7-8-14(17)15(9-12)20(18)10-11-5-3-4-6-13(11)16/h3-9H,2,10,17H2,1H3. The zero-order valence-electron chi connectivity index (χ0n) is 11.1. The molecule has 0 aromatic heterocycles. The fourth-order valence-corrected chi connectivity index (χ4v) is 3.05. The minimum absolute atomic E-state index is 0.0897. The van der Waals surface area contributed by atoms with Crippen LogP contribution in [0.25, 0.3) is 0 Å². The van der Waals surface area contributed by atoms with E-state index in [1.807, 2.05) is 6.92 Å². The quantitative estimate of drug-likeness (QED) is 0.862. The van der Waals surface area contributed by atoms with Gasteiger partial charge >= 0.3 is 0 Å². The molecule has 0 saturated heterocycles. The predicted molar refractivity (Wildman–Crippen MR) is 78.5 cm³/mol. The van der Waals surface area contributed by atoms with Crippen LogP contribution in [0.1, 0.15) is 12.5 Å². The van der Waals surface area contributed by atoms with Crippen molar-refractivity contribution in [1.82, 2.24) is 0 Å². The molecule has 0 aliphatic carbocycles. The summed E-state index contributed by atoms with van der Waals surface area (Å²) in [5.41, 5.74) is 6.66. The number of hydrogen-bond acceptors (Lipinski definition) is 3. The van der Waals surface area contributed by atoms with Gasteiger partial charge in [-0.2, -0.15) is 0 Å². The third-order valence-corrected chi connectivity index (χ3v) is 4.20. The molecule has 3 nitrogen and oxygen atoms in total. The molecule has 0 amide bonds. The molecule has 106 valence electrons. The molecule has 0 bridgehead atoms. The molecule has 20 heavy (non-hydrogen) atoms. The molecule has 2 aromatic rings. The van der Waals surface area contributed by atoms with Gasteiger partial charge in [-0.05, 0) is 31.2 Å². The highest BCUT2D eigenvalue weighted by Crippen LogP contribution is 2.25. The summed E-state index contributed by atoms with van der Waals surface area (Å²) >= 11 is 0. The predicted octanol–water partition coefficient (Wildman–Crippen LogP) is 3.11. The fourth-order valence-electron chi connectivity index (χ4n) is 1.80. The topological polar surface area (TPSA) is 52.3 Å². The van der Waals surface area contributed by atoms with Crippen LogP contribution in [0.2, 0.25) is 0 Å². The molecule has 2 N–H and O–H groups in total. The van der Waals surface area contributed by atoms with Crippen molar-refractivity contribution >= 4 is 16.5 Å². The number of rotatable bonds is 5. The molecule has 0 heterocycles. The van der Waals surface area contributed by atoms with E-state index in [1.54, 1.807) is 36.4 Å². The van der Waals surface area contributed by atoms with E-state index in [4.69, 9.17) is 10.5 Å². The molecule has 0 aliphatic heterocycles. The molecule has 0 spiro atoms. The number of ether oxygens (including phenoxy) is 1. The van der Waals surface area contributed by atoms with E-state index in [0.29, 0.717) is 28.5 Å². The summed E-state index contributed by atoms with van der Waals surface area (Å²) in [7, 11) is -1.42. The Kier molecular flexibility index (Phi) is 4.74. The van der Waals surface area contributed by atoms with Crippen molar-refractivity contribution in [2.45, 2.75) is 17.6 Å². The number of halogens is 1. The Bertz CT molecular complexity index is 631. The van der Waals surface area contributed by atoms with Crippen LogP contribution in [0.4, 0.5) is 10.1 Å². The lowest BCUT2D eigenvalue weighted by Gasteiger charge is -2.09. The first kappa shape index (κ1) is 14.5. The first-order valence-corrected chi connectivity index (χ1v) is 7.57. The summed E-state index contributed by atoms with van der Waals surface area (Å²) in [5.74, 6) is 0.339. The van der Waals surface area contributed by atoms with E-state index < -0.39 is 10.8 Å². The van der Waals surface area contributed by atoms with Crippen molar-refractivity contribution in [2.75, 3.05) is 12.3 Å². The monoisotopic (exact) mass is 293 g/mol. The lowest BCUT2D eigenvalue weighted by atomic mass is 10.2. The molecule has 0 fully saturated rings. The Balaban J connectivity index is 2.25. The summed E-state index contributed by atoms with van der Waals surface area (Å²) in [6.07, 6.45) is 0. The van der Waals surface area contributed by atoms with Crippen LogP contribution in [-0.4, -0.2) is 10.8 Å². The van der Waals surface area contributed by atoms with Gasteiger partial charge in [0.2, 0.25) is 0 Å². The van der Waals surface area contributed by atoms with Gasteiger partial charge in [0, 0.05) is 11.3 Å². The van der Waals surface area contributed by atoms with Crippen LogP contribution in [0, 0.1) is 5.82 Å². The Morgan fingerprint density at radius 3 is 2.70 bits per heavy atom. The number of hydrogen-bond donors (Lipinski definition) is 1. The maximum absolute atomic E-state index is 13.6. The Hall–Kier alpha value is -1.88. The van der Waals surface area contributed by atoms with Gasteiger partial charge in [0.05, 0.1) is 28.1 Å². The van der Waals surface area contributed by atoms with Gasteiger partial charge < -0.3 is 10.5 Å². The van der Waals surface area contributed by atoms with Crippen LogP contribution in [-0.2, 0) is 16.6 Å². The molecular weight excluding hydrogens is 277 g/mol. The highest BCUT2D eigenvalue weighted by Gasteiger charge is 2.12. The van der Waals surface area contributed by atoms with Gasteiger partial charge in [-0.3, -0.25) is 4.21 Å². The van der Waals surface area contributed by atoms with Crippen molar-refractivity contribution in [3.63, 3.8) is 0 Å². The maximum atomic E-state index is 13.6. The Labute approximate surface area is 120 Å². The second kappa shape index (κ2) is 6.52. The molecule has 1 atom stereocenters. The van der Waals surface area contributed by atoms with Crippen LogP contribution in [0.5, 0.6) is 5.75 Å². The van der Waals surface area contributed by atoms with E-state index in [1.165, 1.54) is 6.07 Å². The van der Waals surface area contributed by atoms with E-state index >= 15 is 0 Å². The third-order valence-electron chi connectivity index (χ3n) is 2.79. The van der Waals surface area contributed by atoms with Gasteiger partial charge in [-0.25, -0.2) is 4.39 Å². The number of nitrogens with two attached hydrogens (primary N) is 1. The van der Waals surface area contributed by atoms with Gasteiger partial charge in [0.15, 0.2) is 0 Å². The molecule has 1 unspecified atom stereocenters. The molecule has 2 rings (SSSR count). The largest absolute Gasteiger partial charge is 0.494 e. The first-order valence-electron chi connectivity index (χ1n) is 6.26. The summed E-state index contributed by atoms with van der Waals surface area (Å²) < 4.78 is 31.3. The smallest absolute Gasteiger partial charge is 0.127 e. The minimum atomic E-state index is -1.42. The Morgan fingerprint density at radius 2 is 2.00 bits per heavy atom. The van der Waals surface area contributed by atoms with Crippen LogP contribution in [0.3, 0.4) is 0 Å². The van der Waals surface area contributed by atoms with Crippen molar-refractivity contribution in [3.8, 4) is 5.75 Å². The van der Waals surface area contributed by atoms with E-state index in [-0.39, 0.29) is 11.6 Å². The molecule has 0 saturated carbocycles. The van der Waals surface area contributed by atoms with Gasteiger partial charge in [-0.1, -0.05) is 18.2 Å². The molecule has 0 radical (unpaired) electrons. The third kappa shape index (κ3) is 3.36. The second-order valence-corrected chi connectivity index (χ2v) is 5.63. The van der Waals surface area contributed by atoms with Gasteiger partial charge in [0.25, 0.3) is 0 Å². The van der Waals surface area contributed by atoms with Crippen molar-refractivity contribution in [2.24, 2.45) is 0 Å². The molecular formula is C15H16FNO2S. The van der Waals surface area contributed by atoms with E-state index in [2.05, 4.69) is 0 Å². The summed E-state index contributed by atoms with van der Waals surface area (Å²) in [4.78, 5) is 0.471. The molecule has 2 aromatic carbocycles. The minimum Gasteiger partial charge on any atom is -0.494 e. The zero-order valence-corrected chi connectivity index (χ0v) is 12.0. The zero-order chi connectivity index (χ0) is 14.5. The van der Waals surface area contributed by atoms with Crippen LogP contribution in [0.15, 0.2) is 47.4 Å². The maximum Gasteiger partial charge on any atom is 0.127 e.